The van der Waals surface area contributed by atoms with E-state index >= 15 is 0 Å². The van der Waals surface area contributed by atoms with Gasteiger partial charge in [-0.15, -0.1) is 11.3 Å². The van der Waals surface area contributed by atoms with Crippen LogP contribution in [0.4, 0.5) is 10.7 Å². The number of anilines is 2. The highest BCUT2D eigenvalue weighted by atomic mass is 35.5. The summed E-state index contributed by atoms with van der Waals surface area (Å²) in [5.41, 5.74) is 1.10. The molecule has 0 saturated heterocycles. The number of rotatable bonds is 11. The summed E-state index contributed by atoms with van der Waals surface area (Å²) in [7, 11) is 1.53. The van der Waals surface area contributed by atoms with Gasteiger partial charge in [-0.1, -0.05) is 29.3 Å². The molecule has 0 unspecified atom stereocenters. The second kappa shape index (κ2) is 13.3. The highest BCUT2D eigenvalue weighted by Gasteiger charge is 2.26. The van der Waals surface area contributed by atoms with E-state index in [1.807, 2.05) is 0 Å². The number of benzene rings is 2. The van der Waals surface area contributed by atoms with Crippen molar-refractivity contribution in [1.82, 2.24) is 0 Å². The van der Waals surface area contributed by atoms with Crippen LogP contribution < -0.4 is 20.1 Å². The molecule has 0 aliphatic carbocycles. The van der Waals surface area contributed by atoms with Crippen LogP contribution in [-0.2, 0) is 9.53 Å². The molecule has 0 saturated carbocycles. The number of carbonyl (C=O) groups is 3. The first-order valence-corrected chi connectivity index (χ1v) is 12.9. The largest absolute Gasteiger partial charge is 0.497 e. The molecule has 196 valence electrons. The summed E-state index contributed by atoms with van der Waals surface area (Å²) in [5, 5.41) is 6.67. The predicted molar refractivity (Wildman–Crippen MR) is 146 cm³/mol. The lowest BCUT2D eigenvalue weighted by Crippen LogP contribution is -2.15. The van der Waals surface area contributed by atoms with Crippen molar-refractivity contribution in [3.8, 4) is 11.5 Å². The maximum atomic E-state index is 13.0. The summed E-state index contributed by atoms with van der Waals surface area (Å²) >= 11 is 13.0. The fourth-order valence-electron chi connectivity index (χ4n) is 3.35. The van der Waals surface area contributed by atoms with Gasteiger partial charge in [-0.05, 0) is 56.2 Å². The van der Waals surface area contributed by atoms with Crippen molar-refractivity contribution < 1.29 is 28.6 Å². The molecule has 2 amide bonds. The van der Waals surface area contributed by atoms with Crippen LogP contribution in [0.25, 0.3) is 0 Å². The maximum absolute atomic E-state index is 13.0. The SMILES string of the molecule is CCOC(=O)c1c(NC(=O)CCCOc2ccc(Cl)cc2Cl)sc(C(=O)Nc2cccc(OC)c2)c1C. The number of methoxy groups -OCH3 is 1. The third-order valence-corrected chi connectivity index (χ3v) is 6.85. The van der Waals surface area contributed by atoms with Gasteiger partial charge in [-0.25, -0.2) is 4.79 Å². The van der Waals surface area contributed by atoms with E-state index in [-0.39, 0.29) is 41.0 Å². The average Bonchev–Trinajstić information content (AvgIpc) is 3.18. The van der Waals surface area contributed by atoms with Gasteiger partial charge < -0.3 is 24.8 Å². The quantitative estimate of drug-likeness (QED) is 0.201. The zero-order valence-electron chi connectivity index (χ0n) is 20.5. The standard InChI is InChI=1S/C26H26Cl2N2O6S/c1-4-35-26(33)22-15(2)23(24(32)29-17-7-5-8-18(14-17)34-3)37-25(22)30-21(31)9-6-12-36-20-11-10-16(27)13-19(20)28/h5,7-8,10-11,13-14H,4,6,9,12H2,1-3H3,(H,29,32)(H,30,31). The molecule has 1 heterocycles. The third-order valence-electron chi connectivity index (χ3n) is 5.11. The van der Waals surface area contributed by atoms with E-state index in [0.29, 0.717) is 39.2 Å². The van der Waals surface area contributed by atoms with Crippen molar-refractivity contribution in [2.45, 2.75) is 26.7 Å². The topological polar surface area (TPSA) is 103 Å². The smallest absolute Gasteiger partial charge is 0.341 e. The fourth-order valence-corrected chi connectivity index (χ4v) is 4.92. The minimum absolute atomic E-state index is 0.121. The zero-order valence-corrected chi connectivity index (χ0v) is 22.8. The Balaban J connectivity index is 1.69. The van der Waals surface area contributed by atoms with Gasteiger partial charge in [0.2, 0.25) is 5.91 Å². The van der Waals surface area contributed by atoms with Crippen LogP contribution in [0.3, 0.4) is 0 Å². The molecule has 0 bridgehead atoms. The third kappa shape index (κ3) is 7.61. The summed E-state index contributed by atoms with van der Waals surface area (Å²) in [5.74, 6) is -0.320. The minimum atomic E-state index is -0.618. The Kier molecular flexibility index (Phi) is 10.2. The summed E-state index contributed by atoms with van der Waals surface area (Å²) in [6.45, 7) is 3.72. The molecule has 37 heavy (non-hydrogen) atoms. The van der Waals surface area contributed by atoms with Crippen molar-refractivity contribution >= 4 is 63.0 Å². The van der Waals surface area contributed by atoms with Crippen LogP contribution in [0.2, 0.25) is 10.0 Å². The van der Waals surface area contributed by atoms with E-state index < -0.39 is 11.9 Å². The molecule has 3 rings (SSSR count). The van der Waals surface area contributed by atoms with Gasteiger partial charge in [0.05, 0.1) is 35.8 Å². The first-order chi connectivity index (χ1) is 17.7. The van der Waals surface area contributed by atoms with Gasteiger partial charge in [0.15, 0.2) is 0 Å². The molecule has 0 fully saturated rings. The van der Waals surface area contributed by atoms with Crippen LogP contribution in [0.1, 0.15) is 45.4 Å². The number of ether oxygens (including phenoxy) is 3. The van der Waals surface area contributed by atoms with Gasteiger partial charge in [-0.3, -0.25) is 9.59 Å². The summed E-state index contributed by atoms with van der Waals surface area (Å²) in [6, 6.07) is 11.8. The van der Waals surface area contributed by atoms with Gasteiger partial charge in [-0.2, -0.15) is 0 Å². The molecule has 8 nitrogen and oxygen atoms in total. The Bertz CT molecular complexity index is 1290. The molecule has 2 aromatic carbocycles. The number of hydrogen-bond donors (Lipinski definition) is 2. The average molecular weight is 565 g/mol. The minimum Gasteiger partial charge on any atom is -0.497 e. The van der Waals surface area contributed by atoms with Crippen molar-refractivity contribution in [2.75, 3.05) is 31.0 Å². The van der Waals surface area contributed by atoms with E-state index in [2.05, 4.69) is 10.6 Å². The number of thiophene rings is 1. The van der Waals surface area contributed by atoms with Crippen LogP contribution in [-0.4, -0.2) is 38.1 Å². The Morgan fingerprint density at radius 1 is 1.05 bits per heavy atom. The van der Waals surface area contributed by atoms with Gasteiger partial charge >= 0.3 is 5.97 Å². The van der Waals surface area contributed by atoms with E-state index in [1.54, 1.807) is 56.3 Å². The summed E-state index contributed by atoms with van der Waals surface area (Å²) in [6.07, 6.45) is 0.517. The second-order valence-electron chi connectivity index (χ2n) is 7.74. The van der Waals surface area contributed by atoms with Crippen LogP contribution in [0.5, 0.6) is 11.5 Å². The zero-order chi connectivity index (χ0) is 26.9. The van der Waals surface area contributed by atoms with Gasteiger partial charge in [0.25, 0.3) is 5.91 Å². The lowest BCUT2D eigenvalue weighted by molar-refractivity contribution is -0.116. The van der Waals surface area contributed by atoms with Gasteiger partial charge in [0, 0.05) is 23.2 Å². The molecule has 2 N–H and O–H groups in total. The monoisotopic (exact) mass is 564 g/mol. The Morgan fingerprint density at radius 2 is 1.84 bits per heavy atom. The molecule has 0 spiro atoms. The normalized spacial score (nSPS) is 10.5. The summed E-state index contributed by atoms with van der Waals surface area (Å²) in [4.78, 5) is 38.6. The van der Waals surface area contributed by atoms with Crippen LogP contribution in [0.15, 0.2) is 42.5 Å². The fraction of sp³-hybridized carbons (Fsp3) is 0.269. The summed E-state index contributed by atoms with van der Waals surface area (Å²) < 4.78 is 16.0. The van der Waals surface area contributed by atoms with Crippen molar-refractivity contribution in [2.24, 2.45) is 0 Å². The van der Waals surface area contributed by atoms with E-state index in [9.17, 15) is 14.4 Å². The Hall–Kier alpha value is -3.27. The molecule has 0 atom stereocenters. The number of hydrogen-bond acceptors (Lipinski definition) is 7. The molecule has 3 aromatic rings. The Labute approximate surface area is 228 Å². The molecule has 1 aromatic heterocycles. The predicted octanol–water partition coefficient (Wildman–Crippen LogP) is 6.60. The van der Waals surface area contributed by atoms with Crippen molar-refractivity contribution in [3.63, 3.8) is 0 Å². The first kappa shape index (κ1) is 28.3. The van der Waals surface area contributed by atoms with Gasteiger partial charge in [0.1, 0.15) is 16.5 Å². The molecular weight excluding hydrogens is 539 g/mol. The lowest BCUT2D eigenvalue weighted by atomic mass is 10.1. The van der Waals surface area contributed by atoms with Crippen LogP contribution >= 0.6 is 34.5 Å². The van der Waals surface area contributed by atoms with E-state index in [4.69, 9.17) is 37.4 Å². The number of carbonyl (C=O) groups excluding carboxylic acids is 3. The van der Waals surface area contributed by atoms with E-state index in [0.717, 1.165) is 11.3 Å². The number of halogens is 2. The highest BCUT2D eigenvalue weighted by Crippen LogP contribution is 2.35. The number of nitrogens with one attached hydrogen (secondary N) is 2. The molecule has 11 heteroatoms. The maximum Gasteiger partial charge on any atom is 0.341 e. The molecule has 0 aliphatic rings. The Morgan fingerprint density at radius 3 is 2.54 bits per heavy atom. The lowest BCUT2D eigenvalue weighted by Gasteiger charge is -2.09. The number of amides is 2. The molecule has 0 radical (unpaired) electrons. The van der Waals surface area contributed by atoms with Crippen LogP contribution in [0, 0.1) is 6.92 Å². The van der Waals surface area contributed by atoms with Crippen molar-refractivity contribution in [3.05, 3.63) is 68.5 Å². The number of esters is 1. The highest BCUT2D eigenvalue weighted by molar-refractivity contribution is 7.19. The first-order valence-electron chi connectivity index (χ1n) is 11.4. The second-order valence-corrected chi connectivity index (χ2v) is 9.61. The van der Waals surface area contributed by atoms with E-state index in [1.165, 1.54) is 7.11 Å². The molecule has 0 aliphatic heterocycles. The van der Waals surface area contributed by atoms with Crippen molar-refractivity contribution in [1.29, 1.82) is 0 Å². The molecular formula is C26H26Cl2N2O6S.